The van der Waals surface area contributed by atoms with Gasteiger partial charge in [0.25, 0.3) is 10.1 Å². The van der Waals surface area contributed by atoms with Crippen molar-refractivity contribution in [3.05, 3.63) is 24.3 Å². The van der Waals surface area contributed by atoms with Gasteiger partial charge in [-0.2, -0.15) is 8.42 Å². The van der Waals surface area contributed by atoms with E-state index in [0.29, 0.717) is 12.8 Å². The number of aliphatic hydroxyl groups is 1. The molecule has 0 aromatic carbocycles. The summed E-state index contributed by atoms with van der Waals surface area (Å²) in [6.07, 6.45) is 38.3. The smallest absolute Gasteiger partial charge is 0.266 e. The summed E-state index contributed by atoms with van der Waals surface area (Å²) in [7, 11) is -4.30. The van der Waals surface area contributed by atoms with E-state index in [1.54, 1.807) is 0 Å². The van der Waals surface area contributed by atoms with Crippen LogP contribution in [0.25, 0.3) is 0 Å². The van der Waals surface area contributed by atoms with E-state index in [0.717, 1.165) is 57.8 Å². The minimum atomic E-state index is -4.30. The normalized spacial score (nSPS) is 13.6. The van der Waals surface area contributed by atoms with E-state index >= 15 is 0 Å². The molecule has 44 heavy (non-hydrogen) atoms. The Morgan fingerprint density at radius 1 is 0.614 bits per heavy atom. The van der Waals surface area contributed by atoms with Crippen LogP contribution in [0.5, 0.6) is 0 Å². The number of aliphatic hydroxyl groups excluding tert-OH is 1. The van der Waals surface area contributed by atoms with Gasteiger partial charge in [0.15, 0.2) is 0 Å². The standard InChI is InChI=1S/C37H71NO5S/c1-3-5-7-9-11-13-15-16-17-18-19-20-21-23-25-27-29-31-33-37(40)38-35(34-44(41,42)43)36(39)32-30-28-26-24-22-14-12-10-8-6-4-2/h13,15,17-18,35-36,39H,3-12,14,16,19-34H2,1-2H3,(H,38,40)(H,41,42,43)/b15-13-,18-17-. The van der Waals surface area contributed by atoms with E-state index < -0.39 is 28.0 Å². The highest BCUT2D eigenvalue weighted by Gasteiger charge is 2.26. The molecule has 3 N–H and O–H groups in total. The van der Waals surface area contributed by atoms with Gasteiger partial charge >= 0.3 is 0 Å². The number of unbranched alkanes of at least 4 members (excludes halogenated alkanes) is 21. The lowest BCUT2D eigenvalue weighted by atomic mass is 10.0. The molecule has 0 rings (SSSR count). The van der Waals surface area contributed by atoms with E-state index in [2.05, 4.69) is 43.5 Å². The van der Waals surface area contributed by atoms with Gasteiger partial charge in [-0.3, -0.25) is 9.35 Å². The number of allylic oxidation sites excluding steroid dienone is 4. The number of carbonyl (C=O) groups excluding carboxylic acids is 1. The van der Waals surface area contributed by atoms with E-state index in [1.807, 2.05) is 0 Å². The summed E-state index contributed by atoms with van der Waals surface area (Å²) in [4.78, 5) is 12.5. The molecular weight excluding hydrogens is 570 g/mol. The zero-order valence-electron chi connectivity index (χ0n) is 28.8. The first kappa shape index (κ1) is 42.8. The first-order chi connectivity index (χ1) is 21.3. The predicted molar refractivity (Wildman–Crippen MR) is 189 cm³/mol. The second-order valence-corrected chi connectivity index (χ2v) is 14.4. The van der Waals surface area contributed by atoms with Crippen molar-refractivity contribution in [2.75, 3.05) is 5.75 Å². The Balaban J connectivity index is 3.91. The Labute approximate surface area is 273 Å². The number of rotatable bonds is 33. The van der Waals surface area contributed by atoms with Crippen molar-refractivity contribution in [2.24, 2.45) is 0 Å². The summed E-state index contributed by atoms with van der Waals surface area (Å²) < 4.78 is 32.4. The Morgan fingerprint density at radius 3 is 1.50 bits per heavy atom. The summed E-state index contributed by atoms with van der Waals surface area (Å²) in [6, 6.07) is -0.971. The third-order valence-corrected chi connectivity index (χ3v) is 9.19. The maximum Gasteiger partial charge on any atom is 0.266 e. The highest BCUT2D eigenvalue weighted by Crippen LogP contribution is 2.15. The fourth-order valence-corrected chi connectivity index (χ4v) is 6.36. The van der Waals surface area contributed by atoms with Crippen LogP contribution in [-0.2, 0) is 14.9 Å². The molecule has 2 atom stereocenters. The fraction of sp³-hybridized carbons (Fsp3) is 0.865. The molecule has 0 aliphatic heterocycles. The SMILES string of the molecule is CCCCCC/C=C\C/C=C\CCCCCCCCCC(=O)NC(CS(=O)(=O)O)C(O)CCCCCCCCCCCCC. The maximum atomic E-state index is 12.5. The molecule has 0 aliphatic carbocycles. The van der Waals surface area contributed by atoms with Crippen LogP contribution in [0.1, 0.15) is 187 Å². The van der Waals surface area contributed by atoms with Crippen molar-refractivity contribution in [1.29, 1.82) is 0 Å². The van der Waals surface area contributed by atoms with E-state index in [-0.39, 0.29) is 5.91 Å². The van der Waals surface area contributed by atoms with E-state index in [1.165, 1.54) is 103 Å². The number of nitrogens with one attached hydrogen (secondary N) is 1. The molecule has 2 unspecified atom stereocenters. The lowest BCUT2D eigenvalue weighted by Gasteiger charge is -2.23. The lowest BCUT2D eigenvalue weighted by Crippen LogP contribution is -2.47. The molecule has 0 fully saturated rings. The summed E-state index contributed by atoms with van der Waals surface area (Å²) in [5, 5.41) is 13.3. The molecular formula is C37H71NO5S. The Kier molecular flexibility index (Phi) is 30.9. The van der Waals surface area contributed by atoms with Crippen molar-refractivity contribution in [2.45, 2.75) is 199 Å². The number of carbonyl (C=O) groups is 1. The van der Waals surface area contributed by atoms with Gasteiger partial charge < -0.3 is 10.4 Å². The van der Waals surface area contributed by atoms with Crippen LogP contribution in [0, 0.1) is 0 Å². The molecule has 0 radical (unpaired) electrons. The molecule has 0 saturated heterocycles. The fourth-order valence-electron chi connectivity index (χ4n) is 5.60. The molecule has 0 spiro atoms. The molecule has 260 valence electrons. The average molecular weight is 642 g/mol. The van der Waals surface area contributed by atoms with Gasteiger partial charge in [-0.15, -0.1) is 0 Å². The monoisotopic (exact) mass is 642 g/mol. The zero-order valence-corrected chi connectivity index (χ0v) is 29.6. The van der Waals surface area contributed by atoms with Gasteiger partial charge in [0.1, 0.15) is 0 Å². The average Bonchev–Trinajstić information content (AvgIpc) is 2.98. The van der Waals surface area contributed by atoms with Crippen molar-refractivity contribution >= 4 is 16.0 Å². The maximum absolute atomic E-state index is 12.5. The summed E-state index contributed by atoms with van der Waals surface area (Å²) in [6.45, 7) is 4.48. The molecule has 7 heteroatoms. The number of hydrogen-bond acceptors (Lipinski definition) is 4. The predicted octanol–water partition coefficient (Wildman–Crippen LogP) is 10.4. The minimum Gasteiger partial charge on any atom is -0.391 e. The van der Waals surface area contributed by atoms with E-state index in [4.69, 9.17) is 0 Å². The van der Waals surface area contributed by atoms with Gasteiger partial charge in [0, 0.05) is 6.42 Å². The zero-order chi connectivity index (χ0) is 32.6. The first-order valence-corrected chi connectivity index (χ1v) is 20.1. The van der Waals surface area contributed by atoms with Crippen LogP contribution in [0.15, 0.2) is 24.3 Å². The molecule has 6 nitrogen and oxygen atoms in total. The van der Waals surface area contributed by atoms with Gasteiger partial charge in [-0.25, -0.2) is 0 Å². The summed E-state index contributed by atoms with van der Waals surface area (Å²) in [5.41, 5.74) is 0. The molecule has 0 bridgehead atoms. The van der Waals surface area contributed by atoms with Crippen molar-refractivity contribution in [1.82, 2.24) is 5.32 Å². The number of amides is 1. The topological polar surface area (TPSA) is 104 Å². The largest absolute Gasteiger partial charge is 0.391 e. The molecule has 0 saturated carbocycles. The Bertz CT molecular complexity index is 796. The van der Waals surface area contributed by atoms with Crippen LogP contribution in [0.2, 0.25) is 0 Å². The highest BCUT2D eigenvalue weighted by molar-refractivity contribution is 7.85. The quantitative estimate of drug-likeness (QED) is 0.0376. The van der Waals surface area contributed by atoms with Crippen molar-refractivity contribution in [3.8, 4) is 0 Å². The Hall–Kier alpha value is -1.18. The Morgan fingerprint density at radius 2 is 1.02 bits per heavy atom. The van der Waals surface area contributed by atoms with Crippen LogP contribution in [-0.4, -0.2) is 41.9 Å². The third-order valence-electron chi connectivity index (χ3n) is 8.41. The molecule has 1 amide bonds. The minimum absolute atomic E-state index is 0.255. The van der Waals surface area contributed by atoms with Crippen LogP contribution >= 0.6 is 0 Å². The van der Waals surface area contributed by atoms with Crippen LogP contribution in [0.3, 0.4) is 0 Å². The highest BCUT2D eigenvalue weighted by atomic mass is 32.2. The summed E-state index contributed by atoms with van der Waals surface area (Å²) >= 11 is 0. The van der Waals surface area contributed by atoms with Crippen molar-refractivity contribution in [3.63, 3.8) is 0 Å². The van der Waals surface area contributed by atoms with Gasteiger partial charge in [0.2, 0.25) is 5.91 Å². The molecule has 0 aromatic rings. The van der Waals surface area contributed by atoms with E-state index in [9.17, 15) is 22.9 Å². The second-order valence-electron chi connectivity index (χ2n) is 12.9. The second kappa shape index (κ2) is 31.8. The molecule has 0 aromatic heterocycles. The van der Waals surface area contributed by atoms with Crippen molar-refractivity contribution < 1.29 is 22.9 Å². The van der Waals surface area contributed by atoms with Gasteiger partial charge in [0.05, 0.1) is 17.9 Å². The van der Waals surface area contributed by atoms with Crippen LogP contribution < -0.4 is 5.32 Å². The third kappa shape index (κ3) is 32.2. The van der Waals surface area contributed by atoms with Gasteiger partial charge in [-0.1, -0.05) is 160 Å². The molecule has 0 aliphatic rings. The lowest BCUT2D eigenvalue weighted by molar-refractivity contribution is -0.122. The summed E-state index contributed by atoms with van der Waals surface area (Å²) in [5.74, 6) is -0.905. The first-order valence-electron chi connectivity index (χ1n) is 18.5. The van der Waals surface area contributed by atoms with Gasteiger partial charge in [-0.05, 0) is 44.9 Å². The molecule has 0 heterocycles. The number of hydrogen-bond donors (Lipinski definition) is 3. The van der Waals surface area contributed by atoms with Crippen LogP contribution in [0.4, 0.5) is 0 Å².